The number of phenolic OH excluding ortho intramolecular Hbond substituents is 1. The molecule has 0 atom stereocenters. The highest BCUT2D eigenvalue weighted by atomic mass is 16.3. The van der Waals surface area contributed by atoms with Gasteiger partial charge in [-0.25, -0.2) is 0 Å². The van der Waals surface area contributed by atoms with Gasteiger partial charge in [-0.05, 0) is 24.5 Å². The number of nitrogens with two attached hydrogens (primary N) is 1. The lowest BCUT2D eigenvalue weighted by Gasteiger charge is -2.30. The summed E-state index contributed by atoms with van der Waals surface area (Å²) in [5, 5.41) is 9.42. The van der Waals surface area contributed by atoms with E-state index in [0.29, 0.717) is 12.3 Å². The highest BCUT2D eigenvalue weighted by Crippen LogP contribution is 2.29. The first-order valence-corrected chi connectivity index (χ1v) is 5.08. The summed E-state index contributed by atoms with van der Waals surface area (Å²) in [6, 6.07) is 5.60. The third-order valence-electron chi connectivity index (χ3n) is 2.68. The maximum atomic E-state index is 9.42. The molecule has 0 unspecified atom stereocenters. The third kappa shape index (κ3) is 1.68. The molecule has 2 rings (SSSR count). The molecule has 1 heterocycles. The van der Waals surface area contributed by atoms with Crippen molar-refractivity contribution in [2.75, 3.05) is 24.5 Å². The average molecular weight is 192 g/mol. The van der Waals surface area contributed by atoms with Crippen LogP contribution in [0.25, 0.3) is 0 Å². The minimum Gasteiger partial charge on any atom is -0.508 e. The largest absolute Gasteiger partial charge is 0.508 e. The molecule has 0 amide bonds. The summed E-state index contributed by atoms with van der Waals surface area (Å²) in [5.74, 6) is 0.340. The molecule has 1 aliphatic heterocycles. The van der Waals surface area contributed by atoms with E-state index in [1.54, 1.807) is 6.07 Å². The molecular weight excluding hydrogens is 176 g/mol. The van der Waals surface area contributed by atoms with Gasteiger partial charge in [-0.15, -0.1) is 0 Å². The van der Waals surface area contributed by atoms with Gasteiger partial charge in [-0.1, -0.05) is 6.07 Å². The molecule has 0 saturated carbocycles. The second-order valence-corrected chi connectivity index (χ2v) is 3.69. The second kappa shape index (κ2) is 3.88. The number of aromatic hydroxyl groups is 1. The van der Waals surface area contributed by atoms with Gasteiger partial charge in [0.2, 0.25) is 0 Å². The van der Waals surface area contributed by atoms with Gasteiger partial charge in [0, 0.05) is 31.4 Å². The molecule has 0 bridgehead atoms. The Labute approximate surface area is 84.1 Å². The summed E-state index contributed by atoms with van der Waals surface area (Å²) in [4.78, 5) is 2.25. The molecular formula is C11H16N2O. The van der Waals surface area contributed by atoms with Crippen LogP contribution in [-0.4, -0.2) is 24.7 Å². The normalized spacial score (nSPS) is 15.4. The maximum absolute atomic E-state index is 9.42. The first-order chi connectivity index (χ1) is 6.81. The van der Waals surface area contributed by atoms with E-state index in [1.807, 2.05) is 12.1 Å². The van der Waals surface area contributed by atoms with Gasteiger partial charge in [0.15, 0.2) is 0 Å². The van der Waals surface area contributed by atoms with Gasteiger partial charge >= 0.3 is 0 Å². The number of rotatable bonds is 2. The zero-order chi connectivity index (χ0) is 9.97. The lowest BCUT2D eigenvalue weighted by Crippen LogP contribution is -2.33. The van der Waals surface area contributed by atoms with Crippen LogP contribution in [0.5, 0.6) is 5.75 Å². The lowest BCUT2D eigenvalue weighted by molar-refractivity contribution is 0.474. The van der Waals surface area contributed by atoms with Crippen LogP contribution in [0.2, 0.25) is 0 Å². The number of anilines is 1. The molecule has 1 aromatic rings. The fourth-order valence-electron chi connectivity index (χ4n) is 2.03. The van der Waals surface area contributed by atoms with Crippen LogP contribution in [0.3, 0.4) is 0 Å². The number of hydrogen-bond donors (Lipinski definition) is 2. The van der Waals surface area contributed by atoms with E-state index in [0.717, 1.165) is 25.2 Å². The van der Waals surface area contributed by atoms with Gasteiger partial charge in [0.05, 0.1) is 0 Å². The molecule has 3 N–H and O–H groups in total. The minimum absolute atomic E-state index is 0.340. The number of benzene rings is 1. The summed E-state index contributed by atoms with van der Waals surface area (Å²) in [7, 11) is 0. The third-order valence-corrected chi connectivity index (χ3v) is 2.68. The number of hydrogen-bond acceptors (Lipinski definition) is 3. The molecule has 0 saturated heterocycles. The molecule has 0 aromatic heterocycles. The Morgan fingerprint density at radius 2 is 2.29 bits per heavy atom. The number of aryl methyl sites for hydroxylation is 1. The van der Waals surface area contributed by atoms with E-state index in [4.69, 9.17) is 5.73 Å². The van der Waals surface area contributed by atoms with Gasteiger partial charge < -0.3 is 15.7 Å². The SMILES string of the molecule is NCCN1CCCc2ccc(O)cc21. The lowest BCUT2D eigenvalue weighted by atomic mass is 10.0. The minimum atomic E-state index is 0.340. The van der Waals surface area contributed by atoms with E-state index in [2.05, 4.69) is 4.90 Å². The Morgan fingerprint density at radius 3 is 3.07 bits per heavy atom. The van der Waals surface area contributed by atoms with Crippen molar-refractivity contribution >= 4 is 5.69 Å². The molecule has 3 nitrogen and oxygen atoms in total. The fraction of sp³-hybridized carbons (Fsp3) is 0.455. The number of nitrogens with zero attached hydrogens (tertiary/aromatic N) is 1. The topological polar surface area (TPSA) is 49.5 Å². The molecule has 1 aromatic carbocycles. The first-order valence-electron chi connectivity index (χ1n) is 5.08. The van der Waals surface area contributed by atoms with Crippen LogP contribution in [-0.2, 0) is 6.42 Å². The van der Waals surface area contributed by atoms with Gasteiger partial charge in [-0.2, -0.15) is 0 Å². The number of phenols is 1. The molecule has 0 spiro atoms. The van der Waals surface area contributed by atoms with Crippen LogP contribution in [0, 0.1) is 0 Å². The Balaban J connectivity index is 2.32. The first kappa shape index (κ1) is 9.34. The molecule has 3 heteroatoms. The molecule has 0 radical (unpaired) electrons. The zero-order valence-corrected chi connectivity index (χ0v) is 8.24. The van der Waals surface area contributed by atoms with E-state index in [1.165, 1.54) is 12.0 Å². The van der Waals surface area contributed by atoms with E-state index in [9.17, 15) is 5.11 Å². The van der Waals surface area contributed by atoms with Gasteiger partial charge in [0.25, 0.3) is 0 Å². The molecule has 1 aliphatic rings. The van der Waals surface area contributed by atoms with Crippen LogP contribution < -0.4 is 10.6 Å². The Morgan fingerprint density at radius 1 is 1.43 bits per heavy atom. The van der Waals surface area contributed by atoms with Crippen molar-refractivity contribution < 1.29 is 5.11 Å². The molecule has 0 fully saturated rings. The molecule has 14 heavy (non-hydrogen) atoms. The monoisotopic (exact) mass is 192 g/mol. The van der Waals surface area contributed by atoms with E-state index in [-0.39, 0.29) is 0 Å². The summed E-state index contributed by atoms with van der Waals surface area (Å²) in [5.41, 5.74) is 8.03. The van der Waals surface area contributed by atoms with Crippen LogP contribution in [0.15, 0.2) is 18.2 Å². The molecule has 0 aliphatic carbocycles. The Hall–Kier alpha value is -1.22. The summed E-state index contributed by atoms with van der Waals surface area (Å²) < 4.78 is 0. The summed E-state index contributed by atoms with van der Waals surface area (Å²) in [6.45, 7) is 2.58. The van der Waals surface area contributed by atoms with Crippen LogP contribution in [0.4, 0.5) is 5.69 Å². The van der Waals surface area contributed by atoms with Crippen molar-refractivity contribution in [3.05, 3.63) is 23.8 Å². The Kier molecular flexibility index (Phi) is 2.59. The van der Waals surface area contributed by atoms with Crippen molar-refractivity contribution in [1.82, 2.24) is 0 Å². The standard InChI is InChI=1S/C11H16N2O/c12-5-7-13-6-1-2-9-3-4-10(14)8-11(9)13/h3-4,8,14H,1-2,5-7,12H2. The zero-order valence-electron chi connectivity index (χ0n) is 8.24. The van der Waals surface area contributed by atoms with E-state index >= 15 is 0 Å². The fourth-order valence-corrected chi connectivity index (χ4v) is 2.03. The smallest absolute Gasteiger partial charge is 0.117 e. The van der Waals surface area contributed by atoms with Crippen molar-refractivity contribution in [3.63, 3.8) is 0 Å². The quantitative estimate of drug-likeness (QED) is 0.737. The summed E-state index contributed by atoms with van der Waals surface area (Å²) in [6.07, 6.45) is 2.29. The van der Waals surface area contributed by atoms with Gasteiger partial charge in [-0.3, -0.25) is 0 Å². The van der Waals surface area contributed by atoms with E-state index < -0.39 is 0 Å². The molecule has 76 valence electrons. The number of fused-ring (bicyclic) bond motifs is 1. The van der Waals surface area contributed by atoms with Crippen molar-refractivity contribution in [2.24, 2.45) is 5.73 Å². The van der Waals surface area contributed by atoms with Crippen molar-refractivity contribution in [1.29, 1.82) is 0 Å². The van der Waals surface area contributed by atoms with Crippen LogP contribution >= 0.6 is 0 Å². The van der Waals surface area contributed by atoms with Crippen LogP contribution in [0.1, 0.15) is 12.0 Å². The predicted octanol–water partition coefficient (Wildman–Crippen LogP) is 1.10. The maximum Gasteiger partial charge on any atom is 0.117 e. The Bertz CT molecular complexity index is 325. The predicted molar refractivity (Wildman–Crippen MR) is 57.7 cm³/mol. The van der Waals surface area contributed by atoms with Crippen molar-refractivity contribution in [3.8, 4) is 5.75 Å². The highest BCUT2D eigenvalue weighted by Gasteiger charge is 2.15. The highest BCUT2D eigenvalue weighted by molar-refractivity contribution is 5.58. The summed E-state index contributed by atoms with van der Waals surface area (Å²) >= 11 is 0. The average Bonchev–Trinajstić information content (AvgIpc) is 2.19. The van der Waals surface area contributed by atoms with Gasteiger partial charge in [0.1, 0.15) is 5.75 Å². The van der Waals surface area contributed by atoms with Crippen molar-refractivity contribution in [2.45, 2.75) is 12.8 Å². The second-order valence-electron chi connectivity index (χ2n) is 3.69.